The Morgan fingerprint density at radius 3 is 1.33 bits per heavy atom. The number of nitrogen functional groups attached to an aromatic ring is 2. The normalized spacial score (nSPS) is 12.6. The van der Waals surface area contributed by atoms with Crippen molar-refractivity contribution in [2.24, 2.45) is 0 Å². The number of hydrogen-bond donors (Lipinski definition) is 4. The standard InChI is InChI=1S/2C20H19Cl2FN4O3/c2*1-10(16-13(21)4-5-14(23)17(16)22)30-15-6-11(7-25-18(15)24)12-8-26-27(9-12)20(2,3)19(28)29/h2*4-10H,1-3H3,(H2,24,25)(H,28,29). The van der Waals surface area contributed by atoms with Gasteiger partial charge >= 0.3 is 11.9 Å². The van der Waals surface area contributed by atoms with Crippen molar-refractivity contribution >= 4 is 70.0 Å². The summed E-state index contributed by atoms with van der Waals surface area (Å²) in [6.07, 6.45) is 7.83. The molecule has 6 N–H and O–H groups in total. The van der Waals surface area contributed by atoms with Crippen LogP contribution < -0.4 is 20.9 Å². The van der Waals surface area contributed by atoms with Crippen molar-refractivity contribution < 1.29 is 38.1 Å². The van der Waals surface area contributed by atoms with Gasteiger partial charge in [-0.3, -0.25) is 9.36 Å². The van der Waals surface area contributed by atoms with Crippen LogP contribution in [0.2, 0.25) is 20.1 Å². The number of anilines is 2. The van der Waals surface area contributed by atoms with E-state index in [9.17, 15) is 28.6 Å². The van der Waals surface area contributed by atoms with Crippen molar-refractivity contribution in [3.8, 4) is 33.8 Å². The molecule has 0 radical (unpaired) electrons. The summed E-state index contributed by atoms with van der Waals surface area (Å²) in [6, 6.07) is 8.41. The summed E-state index contributed by atoms with van der Waals surface area (Å²) < 4.78 is 42.1. The second-order valence-electron chi connectivity index (χ2n) is 14.3. The zero-order valence-electron chi connectivity index (χ0n) is 32.7. The summed E-state index contributed by atoms with van der Waals surface area (Å²) in [7, 11) is 0. The first-order valence-electron chi connectivity index (χ1n) is 17.7. The zero-order valence-corrected chi connectivity index (χ0v) is 35.7. The van der Waals surface area contributed by atoms with Gasteiger partial charge in [0.2, 0.25) is 0 Å². The lowest BCUT2D eigenvalue weighted by Gasteiger charge is -2.19. The molecule has 0 bridgehead atoms. The lowest BCUT2D eigenvalue weighted by Crippen LogP contribution is -2.35. The summed E-state index contributed by atoms with van der Waals surface area (Å²) >= 11 is 24.4. The fraction of sp³-hybridized carbons (Fsp3) is 0.250. The van der Waals surface area contributed by atoms with Gasteiger partial charge in [0.1, 0.15) is 23.8 Å². The fourth-order valence-electron chi connectivity index (χ4n) is 5.50. The minimum Gasteiger partial charge on any atom is -0.482 e. The van der Waals surface area contributed by atoms with Crippen LogP contribution in [0.15, 0.2) is 73.6 Å². The number of benzene rings is 2. The number of carboxylic acid groups (broad SMARTS) is 2. The number of ether oxygens (including phenoxy) is 2. The summed E-state index contributed by atoms with van der Waals surface area (Å²) in [5.41, 5.74) is 12.5. The van der Waals surface area contributed by atoms with Crippen molar-refractivity contribution in [2.75, 3.05) is 11.5 Å². The molecule has 2 atom stereocenters. The average molecular weight is 907 g/mol. The van der Waals surface area contributed by atoms with Crippen LogP contribution in [0.1, 0.15) is 64.9 Å². The van der Waals surface area contributed by atoms with Gasteiger partial charge in [-0.05, 0) is 77.9 Å². The van der Waals surface area contributed by atoms with E-state index in [0.717, 1.165) is 0 Å². The van der Waals surface area contributed by atoms with E-state index in [-0.39, 0.29) is 43.2 Å². The maximum atomic E-state index is 13.8. The van der Waals surface area contributed by atoms with Crippen molar-refractivity contribution in [3.05, 3.63) is 116 Å². The Bertz CT molecular complexity index is 2410. The van der Waals surface area contributed by atoms with Gasteiger partial charge < -0.3 is 31.2 Å². The molecule has 0 aliphatic heterocycles. The molecule has 4 heterocycles. The Balaban J connectivity index is 0.000000228. The van der Waals surface area contributed by atoms with Crippen LogP contribution in [-0.2, 0) is 20.7 Å². The Morgan fingerprint density at radius 2 is 1.00 bits per heavy atom. The first-order valence-corrected chi connectivity index (χ1v) is 19.2. The minimum atomic E-state index is -1.22. The quantitative estimate of drug-likeness (QED) is 0.0847. The fourth-order valence-corrected chi connectivity index (χ4v) is 6.85. The first-order chi connectivity index (χ1) is 28.0. The van der Waals surface area contributed by atoms with Gasteiger partial charge in [0.15, 0.2) is 34.2 Å². The third-order valence-corrected chi connectivity index (χ3v) is 10.8. The number of aromatic nitrogens is 6. The van der Waals surface area contributed by atoms with Crippen molar-refractivity contribution in [1.29, 1.82) is 0 Å². The molecule has 4 aromatic heterocycles. The number of carboxylic acids is 2. The van der Waals surface area contributed by atoms with E-state index >= 15 is 0 Å². The minimum absolute atomic E-state index is 0.118. The third kappa shape index (κ3) is 9.52. The molecule has 0 aliphatic carbocycles. The van der Waals surface area contributed by atoms with Crippen molar-refractivity contribution in [1.82, 2.24) is 29.5 Å². The lowest BCUT2D eigenvalue weighted by molar-refractivity contribution is -0.147. The predicted molar refractivity (Wildman–Crippen MR) is 225 cm³/mol. The van der Waals surface area contributed by atoms with Gasteiger partial charge in [0, 0.05) is 68.2 Å². The van der Waals surface area contributed by atoms with E-state index in [1.54, 1.807) is 38.4 Å². The number of halogens is 6. The Morgan fingerprint density at radius 1 is 0.650 bits per heavy atom. The molecule has 2 unspecified atom stereocenters. The number of rotatable bonds is 12. The summed E-state index contributed by atoms with van der Waals surface area (Å²) in [5.74, 6) is -2.55. The average Bonchev–Trinajstić information content (AvgIpc) is 3.89. The molecule has 2 aromatic carbocycles. The number of hydrogen-bond acceptors (Lipinski definition) is 10. The molecule has 20 heteroatoms. The topological polar surface area (TPSA) is 207 Å². The van der Waals surface area contributed by atoms with E-state index in [1.165, 1.54) is 86.1 Å². The Hall–Kier alpha value is -5.68. The maximum Gasteiger partial charge on any atom is 0.331 e. The van der Waals surface area contributed by atoms with Gasteiger partial charge in [0.25, 0.3) is 0 Å². The lowest BCUT2D eigenvalue weighted by atomic mass is 10.1. The van der Waals surface area contributed by atoms with Crippen molar-refractivity contribution in [2.45, 2.75) is 64.8 Å². The van der Waals surface area contributed by atoms with Crippen LogP contribution in [-0.4, -0.2) is 51.7 Å². The number of nitrogens with zero attached hydrogens (tertiary/aromatic N) is 6. The van der Waals surface area contributed by atoms with Crippen LogP contribution in [0, 0.1) is 11.6 Å². The zero-order chi connectivity index (χ0) is 44.4. The van der Waals surface area contributed by atoms with Gasteiger partial charge in [-0.1, -0.05) is 46.4 Å². The van der Waals surface area contributed by atoms with Gasteiger partial charge in [0.05, 0.1) is 22.4 Å². The highest BCUT2D eigenvalue weighted by atomic mass is 35.5. The summed E-state index contributed by atoms with van der Waals surface area (Å²) in [5, 5.41) is 27.3. The molecule has 0 saturated heterocycles. The van der Waals surface area contributed by atoms with E-state index in [0.29, 0.717) is 33.4 Å². The molecular weight excluding hydrogens is 868 g/mol. The largest absolute Gasteiger partial charge is 0.482 e. The summed E-state index contributed by atoms with van der Waals surface area (Å²) in [4.78, 5) is 31.1. The number of aliphatic carboxylic acids is 2. The van der Waals surface area contributed by atoms with Crippen LogP contribution in [0.3, 0.4) is 0 Å². The highest BCUT2D eigenvalue weighted by molar-refractivity contribution is 6.36. The van der Waals surface area contributed by atoms with E-state index in [4.69, 9.17) is 67.3 Å². The highest BCUT2D eigenvalue weighted by Gasteiger charge is 2.32. The SMILES string of the molecule is CC(Oc1cc(-c2cnn(C(C)(C)C(=O)O)c2)cnc1N)c1c(Cl)ccc(F)c1Cl.CC(Oc1cc(-c2cnn(C(C)(C)C(=O)O)c2)cnc1N)c1c(Cl)ccc(F)c1Cl. The molecule has 60 heavy (non-hydrogen) atoms. The summed E-state index contributed by atoms with van der Waals surface area (Å²) in [6.45, 7) is 9.47. The van der Waals surface area contributed by atoms with Crippen molar-refractivity contribution in [3.63, 3.8) is 0 Å². The second kappa shape index (κ2) is 17.9. The molecular formula is C40H38Cl4F2N8O6. The Kier molecular flexibility index (Phi) is 13.5. The monoisotopic (exact) mass is 904 g/mol. The number of carbonyl (C=O) groups is 2. The van der Waals surface area contributed by atoms with Crippen LogP contribution in [0.4, 0.5) is 20.4 Å². The molecule has 0 saturated carbocycles. The van der Waals surface area contributed by atoms with Gasteiger partial charge in [-0.25, -0.2) is 28.3 Å². The molecule has 14 nitrogen and oxygen atoms in total. The number of nitrogens with two attached hydrogens (primary N) is 2. The van der Waals surface area contributed by atoms with Gasteiger partial charge in [-0.15, -0.1) is 0 Å². The Labute approximate surface area is 362 Å². The first kappa shape index (κ1) is 45.4. The highest BCUT2D eigenvalue weighted by Crippen LogP contribution is 2.39. The second-order valence-corrected chi connectivity index (χ2v) is 15.9. The molecule has 0 amide bonds. The van der Waals surface area contributed by atoms with E-state index in [1.807, 2.05) is 0 Å². The van der Waals surface area contributed by atoms with Gasteiger partial charge in [-0.2, -0.15) is 10.2 Å². The molecule has 6 rings (SSSR count). The molecule has 6 aromatic rings. The molecule has 316 valence electrons. The number of pyridine rings is 2. The van der Waals surface area contributed by atoms with E-state index < -0.39 is 46.9 Å². The molecule has 0 spiro atoms. The smallest absolute Gasteiger partial charge is 0.331 e. The van der Waals surface area contributed by atoms with Crippen LogP contribution in [0.5, 0.6) is 11.5 Å². The predicted octanol–water partition coefficient (Wildman–Crippen LogP) is 9.87. The third-order valence-electron chi connectivity index (χ3n) is 9.37. The van der Waals surface area contributed by atoms with Crippen LogP contribution >= 0.6 is 46.4 Å². The molecule has 0 aliphatic rings. The van der Waals surface area contributed by atoms with Crippen LogP contribution in [0.25, 0.3) is 22.3 Å². The maximum absolute atomic E-state index is 13.8. The molecule has 0 fully saturated rings. The van der Waals surface area contributed by atoms with E-state index in [2.05, 4.69) is 20.2 Å².